The lowest BCUT2D eigenvalue weighted by atomic mass is 9.99. The molecule has 1 aromatic carbocycles. The van der Waals surface area contributed by atoms with E-state index in [2.05, 4.69) is 46.2 Å². The Morgan fingerprint density at radius 3 is 2.59 bits per heavy atom. The molecule has 0 radical (unpaired) electrons. The molecular formula is C22H32N4O. The lowest BCUT2D eigenvalue weighted by Gasteiger charge is -2.41. The van der Waals surface area contributed by atoms with Crippen molar-refractivity contribution in [3.63, 3.8) is 0 Å². The van der Waals surface area contributed by atoms with E-state index in [4.69, 9.17) is 0 Å². The summed E-state index contributed by atoms with van der Waals surface area (Å²) in [4.78, 5) is 4.92. The molecule has 0 bridgehead atoms. The zero-order valence-corrected chi connectivity index (χ0v) is 16.4. The number of benzene rings is 1. The fraction of sp³-hybridized carbons (Fsp3) is 0.591. The second-order valence-corrected chi connectivity index (χ2v) is 8.19. The van der Waals surface area contributed by atoms with E-state index in [0.29, 0.717) is 6.04 Å². The van der Waals surface area contributed by atoms with Crippen LogP contribution in [-0.4, -0.2) is 63.0 Å². The molecule has 2 atom stereocenters. The fourth-order valence-corrected chi connectivity index (χ4v) is 4.63. The van der Waals surface area contributed by atoms with Crippen LogP contribution in [0, 0.1) is 6.92 Å². The molecule has 27 heavy (non-hydrogen) atoms. The molecule has 0 amide bonds. The van der Waals surface area contributed by atoms with Crippen LogP contribution in [0.2, 0.25) is 0 Å². The van der Waals surface area contributed by atoms with Gasteiger partial charge < -0.3 is 5.11 Å². The minimum Gasteiger partial charge on any atom is -0.390 e. The maximum atomic E-state index is 10.8. The van der Waals surface area contributed by atoms with Gasteiger partial charge in [-0.3, -0.25) is 9.80 Å². The van der Waals surface area contributed by atoms with E-state index in [0.717, 1.165) is 44.8 Å². The monoisotopic (exact) mass is 368 g/mol. The van der Waals surface area contributed by atoms with Crippen molar-refractivity contribution in [1.82, 2.24) is 19.6 Å². The van der Waals surface area contributed by atoms with Gasteiger partial charge in [0.25, 0.3) is 0 Å². The number of β-amino-alcohol motifs (C(OH)–C–C–N with tert-alkyl or cyclic N) is 1. The van der Waals surface area contributed by atoms with Crippen LogP contribution in [0.3, 0.4) is 0 Å². The quantitative estimate of drug-likeness (QED) is 0.901. The van der Waals surface area contributed by atoms with Crippen molar-refractivity contribution in [3.8, 4) is 5.69 Å². The van der Waals surface area contributed by atoms with Crippen molar-refractivity contribution < 1.29 is 5.11 Å². The maximum absolute atomic E-state index is 10.8. The predicted octanol–water partition coefficient (Wildman–Crippen LogP) is 2.99. The average molecular weight is 369 g/mol. The van der Waals surface area contributed by atoms with Crippen LogP contribution >= 0.6 is 0 Å². The molecule has 3 heterocycles. The van der Waals surface area contributed by atoms with E-state index in [1.165, 1.54) is 36.8 Å². The standard InChI is InChI=1S/C22H32N4O/c1-18-8-4-5-9-20(18)26-16-19(14-23-26)15-24-13-10-21(22(27)17-24)25-11-6-2-3-7-12-25/h4-5,8-9,14,16,21-22,27H,2-3,6-7,10-13,15,17H2,1H3/t21-,22-/m1/s1. The Hall–Kier alpha value is -1.69. The van der Waals surface area contributed by atoms with Crippen molar-refractivity contribution in [2.75, 3.05) is 26.2 Å². The Kier molecular flexibility index (Phi) is 5.91. The Morgan fingerprint density at radius 1 is 1.07 bits per heavy atom. The van der Waals surface area contributed by atoms with Crippen LogP contribution in [0.5, 0.6) is 0 Å². The number of aromatic nitrogens is 2. The highest BCUT2D eigenvalue weighted by atomic mass is 16.3. The Bertz CT molecular complexity index is 735. The molecule has 0 aliphatic carbocycles. The van der Waals surface area contributed by atoms with Gasteiger partial charge in [0, 0.05) is 37.4 Å². The molecule has 0 saturated carbocycles. The highest BCUT2D eigenvalue weighted by Gasteiger charge is 2.32. The number of piperidine rings is 1. The van der Waals surface area contributed by atoms with E-state index >= 15 is 0 Å². The van der Waals surface area contributed by atoms with Crippen LogP contribution in [0.15, 0.2) is 36.7 Å². The smallest absolute Gasteiger partial charge is 0.0822 e. The molecule has 5 nitrogen and oxygen atoms in total. The molecule has 2 aliphatic rings. The van der Waals surface area contributed by atoms with Gasteiger partial charge in [0.05, 0.1) is 18.0 Å². The molecule has 2 aliphatic heterocycles. The summed E-state index contributed by atoms with van der Waals surface area (Å²) in [5.74, 6) is 0. The van der Waals surface area contributed by atoms with Crippen molar-refractivity contribution in [2.45, 2.75) is 57.7 Å². The molecule has 0 unspecified atom stereocenters. The lowest BCUT2D eigenvalue weighted by Crippen LogP contribution is -2.54. The predicted molar refractivity (Wildman–Crippen MR) is 108 cm³/mol. The average Bonchev–Trinajstić information content (AvgIpc) is 2.95. The van der Waals surface area contributed by atoms with Crippen molar-refractivity contribution in [2.24, 2.45) is 0 Å². The molecule has 2 fully saturated rings. The van der Waals surface area contributed by atoms with E-state index in [1.807, 2.05) is 16.9 Å². The van der Waals surface area contributed by atoms with Crippen molar-refractivity contribution >= 4 is 0 Å². The summed E-state index contributed by atoms with van der Waals surface area (Å²) in [5, 5.41) is 15.3. The molecule has 5 heteroatoms. The number of hydrogen-bond acceptors (Lipinski definition) is 4. The Labute approximate surface area is 162 Å². The number of para-hydroxylation sites is 1. The molecule has 1 N–H and O–H groups in total. The topological polar surface area (TPSA) is 44.5 Å². The summed E-state index contributed by atoms with van der Waals surface area (Å²) >= 11 is 0. The van der Waals surface area contributed by atoms with E-state index < -0.39 is 0 Å². The van der Waals surface area contributed by atoms with Gasteiger partial charge >= 0.3 is 0 Å². The first-order valence-corrected chi connectivity index (χ1v) is 10.4. The molecule has 1 aromatic heterocycles. The van der Waals surface area contributed by atoms with Crippen LogP contribution in [0.4, 0.5) is 0 Å². The summed E-state index contributed by atoms with van der Waals surface area (Å²) in [6, 6.07) is 8.66. The van der Waals surface area contributed by atoms with E-state index in [9.17, 15) is 5.11 Å². The number of aryl methyl sites for hydroxylation is 1. The normalized spacial score (nSPS) is 25.4. The third-order valence-electron chi connectivity index (χ3n) is 6.14. The van der Waals surface area contributed by atoms with Gasteiger partial charge in [-0.25, -0.2) is 4.68 Å². The molecule has 2 saturated heterocycles. The molecule has 0 spiro atoms. The number of hydrogen-bond donors (Lipinski definition) is 1. The van der Waals surface area contributed by atoms with Crippen molar-refractivity contribution in [3.05, 3.63) is 47.8 Å². The van der Waals surface area contributed by atoms with Gasteiger partial charge in [-0.05, 0) is 50.9 Å². The highest BCUT2D eigenvalue weighted by molar-refractivity contribution is 5.39. The third kappa shape index (κ3) is 4.42. The molecule has 2 aromatic rings. The van der Waals surface area contributed by atoms with Crippen LogP contribution in [0.1, 0.15) is 43.2 Å². The summed E-state index contributed by atoms with van der Waals surface area (Å²) in [5.41, 5.74) is 3.56. The second-order valence-electron chi connectivity index (χ2n) is 8.19. The SMILES string of the molecule is Cc1ccccc1-n1cc(CN2CC[C@@H](N3CCCCCC3)[C@H](O)C2)cn1. The highest BCUT2D eigenvalue weighted by Crippen LogP contribution is 2.22. The van der Waals surface area contributed by atoms with E-state index in [1.54, 1.807) is 0 Å². The minimum absolute atomic E-state index is 0.247. The van der Waals surface area contributed by atoms with Crippen LogP contribution < -0.4 is 0 Å². The third-order valence-corrected chi connectivity index (χ3v) is 6.14. The number of aliphatic hydroxyl groups is 1. The van der Waals surface area contributed by atoms with Gasteiger partial charge in [0.2, 0.25) is 0 Å². The molecular weight excluding hydrogens is 336 g/mol. The summed E-state index contributed by atoms with van der Waals surface area (Å²) in [6.45, 7) is 7.09. The zero-order chi connectivity index (χ0) is 18.6. The summed E-state index contributed by atoms with van der Waals surface area (Å²) < 4.78 is 1.96. The first-order chi connectivity index (χ1) is 13.2. The van der Waals surface area contributed by atoms with Gasteiger partial charge in [0.1, 0.15) is 0 Å². The minimum atomic E-state index is -0.247. The summed E-state index contributed by atoms with van der Waals surface area (Å²) in [6.07, 6.45) is 10.1. The van der Waals surface area contributed by atoms with Crippen LogP contribution in [0.25, 0.3) is 5.69 Å². The number of likely N-dealkylation sites (tertiary alicyclic amines) is 2. The number of nitrogens with zero attached hydrogens (tertiary/aromatic N) is 4. The second kappa shape index (κ2) is 8.55. The number of rotatable bonds is 4. The number of aliphatic hydroxyl groups excluding tert-OH is 1. The largest absolute Gasteiger partial charge is 0.390 e. The van der Waals surface area contributed by atoms with Gasteiger partial charge in [-0.15, -0.1) is 0 Å². The maximum Gasteiger partial charge on any atom is 0.0822 e. The molecule has 4 rings (SSSR count). The van der Waals surface area contributed by atoms with Gasteiger partial charge in [0.15, 0.2) is 0 Å². The first-order valence-electron chi connectivity index (χ1n) is 10.4. The van der Waals surface area contributed by atoms with Gasteiger partial charge in [-0.2, -0.15) is 5.10 Å². The first kappa shape index (κ1) is 18.7. The zero-order valence-electron chi connectivity index (χ0n) is 16.4. The van der Waals surface area contributed by atoms with Crippen LogP contribution in [-0.2, 0) is 6.54 Å². The van der Waals surface area contributed by atoms with Crippen molar-refractivity contribution in [1.29, 1.82) is 0 Å². The van der Waals surface area contributed by atoms with Gasteiger partial charge in [-0.1, -0.05) is 31.0 Å². The fourth-order valence-electron chi connectivity index (χ4n) is 4.63. The van der Waals surface area contributed by atoms with E-state index in [-0.39, 0.29) is 6.10 Å². The lowest BCUT2D eigenvalue weighted by molar-refractivity contribution is -0.0144. The molecule has 146 valence electrons. The Balaban J connectivity index is 1.35. The Morgan fingerprint density at radius 2 is 1.85 bits per heavy atom. The summed E-state index contributed by atoms with van der Waals surface area (Å²) in [7, 11) is 0.